The van der Waals surface area contributed by atoms with Crippen molar-refractivity contribution in [3.05, 3.63) is 106 Å². The Balaban J connectivity index is 1.42. The second-order valence-electron chi connectivity index (χ2n) is 9.42. The van der Waals surface area contributed by atoms with E-state index < -0.39 is 5.97 Å². The van der Waals surface area contributed by atoms with E-state index >= 15 is 0 Å². The fourth-order valence-electron chi connectivity index (χ4n) is 4.87. The number of esters is 1. The van der Waals surface area contributed by atoms with Gasteiger partial charge in [0, 0.05) is 37.0 Å². The second-order valence-corrected chi connectivity index (χ2v) is 9.42. The van der Waals surface area contributed by atoms with Crippen molar-refractivity contribution in [2.45, 2.75) is 19.5 Å². The molecule has 0 spiro atoms. The van der Waals surface area contributed by atoms with Crippen molar-refractivity contribution in [2.24, 2.45) is 11.5 Å². The van der Waals surface area contributed by atoms with Crippen LogP contribution in [0.4, 0.5) is 0 Å². The van der Waals surface area contributed by atoms with Gasteiger partial charge in [-0.3, -0.25) is 15.6 Å². The summed E-state index contributed by atoms with van der Waals surface area (Å²) in [7, 11) is 1.32. The Hall–Kier alpha value is -4.92. The number of nitrogens with two attached hydrogens (primary N) is 2. The average Bonchev–Trinajstić information content (AvgIpc) is 3.34. The van der Waals surface area contributed by atoms with E-state index in [1.54, 1.807) is 27.8 Å². The van der Waals surface area contributed by atoms with E-state index in [4.69, 9.17) is 27.0 Å². The summed E-state index contributed by atoms with van der Waals surface area (Å²) in [5.41, 5.74) is 16.3. The van der Waals surface area contributed by atoms with Crippen LogP contribution in [0.1, 0.15) is 48.7 Å². The van der Waals surface area contributed by atoms with Crippen LogP contribution in [0.3, 0.4) is 0 Å². The van der Waals surface area contributed by atoms with Crippen molar-refractivity contribution in [1.82, 2.24) is 9.47 Å². The van der Waals surface area contributed by atoms with Gasteiger partial charge in [-0.25, -0.2) is 4.79 Å². The third kappa shape index (κ3) is 4.73. The monoisotopic (exact) mass is 508 g/mol. The van der Waals surface area contributed by atoms with Crippen LogP contribution in [0.5, 0.6) is 0 Å². The summed E-state index contributed by atoms with van der Waals surface area (Å²) in [5.74, 6) is -0.670. The highest BCUT2D eigenvalue weighted by atomic mass is 16.5. The Morgan fingerprint density at radius 1 is 0.868 bits per heavy atom. The predicted octanol–water partition coefficient (Wildman–Crippen LogP) is 3.24. The van der Waals surface area contributed by atoms with Gasteiger partial charge in [0.05, 0.1) is 12.7 Å². The molecule has 5 rings (SSSR count). The molecule has 1 aliphatic rings. The first kappa shape index (κ1) is 24.8. The molecule has 0 unspecified atom stereocenters. The fraction of sp³-hybridized carbons (Fsp3) is 0.172. The van der Waals surface area contributed by atoms with Crippen LogP contribution >= 0.6 is 0 Å². The zero-order valence-corrected chi connectivity index (χ0v) is 21.0. The van der Waals surface area contributed by atoms with Crippen LogP contribution in [0.25, 0.3) is 10.8 Å². The van der Waals surface area contributed by atoms with Crippen LogP contribution in [-0.4, -0.2) is 46.7 Å². The van der Waals surface area contributed by atoms with Gasteiger partial charge in [0.15, 0.2) is 0 Å². The number of fused-ring (bicyclic) bond motifs is 2. The Bertz CT molecular complexity index is 1620. The normalized spacial score (nSPS) is 12.7. The molecule has 1 aliphatic heterocycles. The lowest BCUT2D eigenvalue weighted by atomic mass is 9.96. The number of methoxy groups -OCH3 is 1. The molecule has 0 fully saturated rings. The molecule has 0 saturated carbocycles. The Kier molecular flexibility index (Phi) is 6.42. The molecule has 9 heteroatoms. The van der Waals surface area contributed by atoms with E-state index in [2.05, 4.69) is 0 Å². The topological polar surface area (TPSA) is 151 Å². The van der Waals surface area contributed by atoms with Crippen molar-refractivity contribution in [3.8, 4) is 0 Å². The third-order valence-electron chi connectivity index (χ3n) is 6.92. The molecular weight excluding hydrogens is 480 g/mol. The zero-order chi connectivity index (χ0) is 27.0. The molecule has 192 valence electrons. The number of carbonyl (C=O) groups excluding carboxylic acids is 2. The molecule has 0 aliphatic carbocycles. The number of hydrogen-bond acceptors (Lipinski definition) is 5. The average molecular weight is 509 g/mol. The molecular formula is C29H28N6O3. The molecule has 0 bridgehead atoms. The molecule has 4 aromatic rings. The molecule has 0 saturated heterocycles. The van der Waals surface area contributed by atoms with E-state index in [0.717, 1.165) is 27.5 Å². The third-order valence-corrected chi connectivity index (χ3v) is 6.92. The number of nitrogens with zero attached hydrogens (tertiary/aromatic N) is 2. The number of amides is 1. The van der Waals surface area contributed by atoms with Crippen LogP contribution in [0.2, 0.25) is 0 Å². The summed E-state index contributed by atoms with van der Waals surface area (Å²) in [6, 6.07) is 18.7. The van der Waals surface area contributed by atoms with Gasteiger partial charge in [-0.1, -0.05) is 36.4 Å². The molecule has 0 radical (unpaired) electrons. The maximum atomic E-state index is 13.5. The number of rotatable bonds is 6. The molecule has 1 amide bonds. The van der Waals surface area contributed by atoms with Gasteiger partial charge in [0.25, 0.3) is 5.91 Å². The predicted molar refractivity (Wildman–Crippen MR) is 146 cm³/mol. The summed E-state index contributed by atoms with van der Waals surface area (Å²) in [5, 5.41) is 17.3. The van der Waals surface area contributed by atoms with Crippen LogP contribution in [0, 0.1) is 10.8 Å². The summed E-state index contributed by atoms with van der Waals surface area (Å²) in [6.07, 6.45) is 2.35. The lowest BCUT2D eigenvalue weighted by Gasteiger charge is -2.29. The van der Waals surface area contributed by atoms with E-state index in [-0.39, 0.29) is 23.3 Å². The molecule has 3 aromatic carbocycles. The summed E-state index contributed by atoms with van der Waals surface area (Å²) in [6.45, 7) is 1.32. The van der Waals surface area contributed by atoms with Gasteiger partial charge in [-0.05, 0) is 58.1 Å². The van der Waals surface area contributed by atoms with Gasteiger partial charge in [0.2, 0.25) is 0 Å². The Morgan fingerprint density at radius 2 is 1.58 bits per heavy atom. The molecule has 6 N–H and O–H groups in total. The standard InChI is InChI=1S/C29H28N6O3/c1-38-29(37)25-13-24(28(36)34-9-8-19-11-20(26(30)31)6-7-22(19)15-34)16-35(25)14-17-2-3-18-4-5-21(27(32)33)12-23(18)10-17/h2-7,10-13,16H,8-9,14-15H2,1H3,(H3,30,31)(H3,32,33). The number of carbonyl (C=O) groups is 2. The lowest BCUT2D eigenvalue weighted by Crippen LogP contribution is -2.36. The number of nitrogen functional groups attached to an aromatic ring is 2. The second kappa shape index (κ2) is 9.85. The number of nitrogens with one attached hydrogen (secondary N) is 2. The Labute approximate surface area is 219 Å². The van der Waals surface area contributed by atoms with Crippen molar-refractivity contribution in [1.29, 1.82) is 10.8 Å². The van der Waals surface area contributed by atoms with Crippen LogP contribution in [-0.2, 0) is 24.2 Å². The highest BCUT2D eigenvalue weighted by Crippen LogP contribution is 2.24. The lowest BCUT2D eigenvalue weighted by molar-refractivity contribution is 0.0589. The van der Waals surface area contributed by atoms with Crippen molar-refractivity contribution >= 4 is 34.3 Å². The Morgan fingerprint density at radius 3 is 2.32 bits per heavy atom. The summed E-state index contributed by atoms with van der Waals surface area (Å²) < 4.78 is 6.72. The first-order chi connectivity index (χ1) is 18.2. The van der Waals surface area contributed by atoms with E-state index in [1.807, 2.05) is 48.5 Å². The van der Waals surface area contributed by atoms with Gasteiger partial charge in [-0.2, -0.15) is 0 Å². The minimum atomic E-state index is -0.524. The number of aromatic nitrogens is 1. The van der Waals surface area contributed by atoms with Crippen LogP contribution in [0.15, 0.2) is 66.9 Å². The number of benzene rings is 3. The van der Waals surface area contributed by atoms with Crippen molar-refractivity contribution in [3.63, 3.8) is 0 Å². The van der Waals surface area contributed by atoms with Crippen molar-refractivity contribution < 1.29 is 14.3 Å². The smallest absolute Gasteiger partial charge is 0.354 e. The van der Waals surface area contributed by atoms with E-state index in [9.17, 15) is 9.59 Å². The first-order valence-corrected chi connectivity index (χ1v) is 12.1. The number of ether oxygens (including phenoxy) is 1. The quantitative estimate of drug-likeness (QED) is 0.179. The minimum absolute atomic E-state index is 0.00141. The maximum absolute atomic E-state index is 13.5. The molecule has 9 nitrogen and oxygen atoms in total. The maximum Gasteiger partial charge on any atom is 0.354 e. The van der Waals surface area contributed by atoms with Crippen LogP contribution < -0.4 is 11.5 Å². The molecule has 0 atom stereocenters. The SMILES string of the molecule is COC(=O)c1cc(C(=O)N2CCc3cc(C(=N)N)ccc3C2)cn1Cc1ccc2ccc(C(=N)N)cc2c1. The summed E-state index contributed by atoms with van der Waals surface area (Å²) >= 11 is 0. The highest BCUT2D eigenvalue weighted by molar-refractivity contribution is 6.00. The highest BCUT2D eigenvalue weighted by Gasteiger charge is 2.25. The zero-order valence-electron chi connectivity index (χ0n) is 21.0. The minimum Gasteiger partial charge on any atom is -0.464 e. The largest absolute Gasteiger partial charge is 0.464 e. The van der Waals surface area contributed by atoms with Gasteiger partial charge < -0.3 is 25.7 Å². The fourth-order valence-corrected chi connectivity index (χ4v) is 4.87. The van der Waals surface area contributed by atoms with E-state index in [0.29, 0.717) is 42.7 Å². The number of hydrogen-bond donors (Lipinski definition) is 4. The van der Waals surface area contributed by atoms with Gasteiger partial charge >= 0.3 is 5.97 Å². The summed E-state index contributed by atoms with van der Waals surface area (Å²) in [4.78, 5) is 27.8. The van der Waals surface area contributed by atoms with Crippen molar-refractivity contribution in [2.75, 3.05) is 13.7 Å². The van der Waals surface area contributed by atoms with Gasteiger partial charge in [-0.15, -0.1) is 0 Å². The number of amidine groups is 2. The molecule has 1 aromatic heterocycles. The first-order valence-electron chi connectivity index (χ1n) is 12.1. The molecule has 38 heavy (non-hydrogen) atoms. The molecule has 2 heterocycles. The van der Waals surface area contributed by atoms with E-state index in [1.165, 1.54) is 7.11 Å². The van der Waals surface area contributed by atoms with Gasteiger partial charge in [0.1, 0.15) is 17.4 Å².